The Morgan fingerprint density at radius 3 is 2.82 bits per heavy atom. The highest BCUT2D eigenvalue weighted by Crippen LogP contribution is 2.33. The molecule has 0 unspecified atom stereocenters. The molecule has 1 aliphatic rings. The number of nitrogens with zero attached hydrogens (tertiary/aromatic N) is 4. The van der Waals surface area contributed by atoms with Crippen LogP contribution < -0.4 is 10.6 Å². The minimum Gasteiger partial charge on any atom is -0.440 e. The van der Waals surface area contributed by atoms with Crippen molar-refractivity contribution < 1.29 is 13.9 Å². The first-order chi connectivity index (χ1) is 16.2. The number of benzene rings is 1. The molecule has 3 N–H and O–H groups in total. The van der Waals surface area contributed by atoms with Crippen molar-refractivity contribution in [3.05, 3.63) is 48.6 Å². The fraction of sp³-hybridized carbons (Fsp3) is 0.333. The number of carbonyl (C=O) groups excluding carboxylic acids is 1. The molecule has 0 aliphatic carbocycles. The van der Waals surface area contributed by atoms with Crippen LogP contribution in [0.1, 0.15) is 20.1 Å². The van der Waals surface area contributed by atoms with Gasteiger partial charge in [-0.1, -0.05) is 13.5 Å². The first-order valence-electron chi connectivity index (χ1n) is 10.9. The summed E-state index contributed by atoms with van der Waals surface area (Å²) in [7, 11) is 0. The Morgan fingerprint density at radius 2 is 2.06 bits per heavy atom. The minimum absolute atomic E-state index is 0. The maximum absolute atomic E-state index is 12.0. The number of fused-ring (bicyclic) bond motifs is 1. The number of ether oxygens (including phenoxy) is 1. The quantitative estimate of drug-likeness (QED) is 0.397. The van der Waals surface area contributed by atoms with E-state index in [4.69, 9.17) is 9.15 Å². The highest BCUT2D eigenvalue weighted by Gasteiger charge is 2.19. The van der Waals surface area contributed by atoms with Crippen LogP contribution in [-0.4, -0.2) is 63.7 Å². The van der Waals surface area contributed by atoms with Gasteiger partial charge in [0, 0.05) is 37.6 Å². The second kappa shape index (κ2) is 10.4. The molecule has 1 saturated heterocycles. The van der Waals surface area contributed by atoms with Crippen molar-refractivity contribution in [3.63, 3.8) is 0 Å². The van der Waals surface area contributed by atoms with E-state index in [0.29, 0.717) is 30.4 Å². The van der Waals surface area contributed by atoms with Crippen LogP contribution in [0.25, 0.3) is 33.6 Å². The van der Waals surface area contributed by atoms with Crippen molar-refractivity contribution in [2.75, 3.05) is 38.2 Å². The van der Waals surface area contributed by atoms with E-state index in [9.17, 15) is 4.79 Å². The number of imidazole rings is 1. The van der Waals surface area contributed by atoms with Crippen molar-refractivity contribution >= 4 is 23.0 Å². The number of pyridine rings is 1. The molecule has 1 aromatic carbocycles. The number of oxazole rings is 1. The second-order valence-electron chi connectivity index (χ2n) is 7.75. The Labute approximate surface area is 197 Å². The summed E-state index contributed by atoms with van der Waals surface area (Å²) in [6.45, 7) is 6.23. The number of rotatable bonds is 6. The van der Waals surface area contributed by atoms with Crippen LogP contribution >= 0.6 is 0 Å². The van der Waals surface area contributed by atoms with Crippen molar-refractivity contribution in [1.29, 1.82) is 0 Å². The van der Waals surface area contributed by atoms with Gasteiger partial charge in [-0.15, -0.1) is 0 Å². The van der Waals surface area contributed by atoms with Gasteiger partial charge in [-0.2, -0.15) is 0 Å². The number of aromatic amines is 1. The molecule has 0 saturated carbocycles. The van der Waals surface area contributed by atoms with Crippen LogP contribution in [0.3, 0.4) is 0 Å². The largest absolute Gasteiger partial charge is 0.440 e. The molecule has 34 heavy (non-hydrogen) atoms. The zero-order chi connectivity index (χ0) is 22.6. The van der Waals surface area contributed by atoms with E-state index in [2.05, 4.69) is 35.5 Å². The lowest BCUT2D eigenvalue weighted by Gasteiger charge is -2.25. The number of hydrogen-bond donors (Lipinski definition) is 3. The molecule has 4 heterocycles. The fourth-order valence-corrected chi connectivity index (χ4v) is 3.84. The Hall–Kier alpha value is -3.76. The van der Waals surface area contributed by atoms with E-state index < -0.39 is 0 Å². The normalized spacial score (nSPS) is 14.0. The van der Waals surface area contributed by atoms with Gasteiger partial charge in [0.1, 0.15) is 11.3 Å². The van der Waals surface area contributed by atoms with Crippen molar-refractivity contribution in [2.24, 2.45) is 0 Å². The van der Waals surface area contributed by atoms with E-state index in [1.807, 2.05) is 31.2 Å². The van der Waals surface area contributed by atoms with E-state index in [0.717, 1.165) is 54.3 Å². The number of urea groups is 1. The third kappa shape index (κ3) is 5.08. The lowest BCUT2D eigenvalue weighted by molar-refractivity contribution is 0.0314. The third-order valence-electron chi connectivity index (χ3n) is 5.42. The summed E-state index contributed by atoms with van der Waals surface area (Å²) in [5, 5.41) is 5.43. The molecule has 5 rings (SSSR count). The Bertz CT molecular complexity index is 1250. The van der Waals surface area contributed by atoms with Gasteiger partial charge in [0.05, 0.1) is 37.0 Å². The fourth-order valence-electron chi connectivity index (χ4n) is 3.84. The molecule has 10 heteroatoms. The summed E-state index contributed by atoms with van der Waals surface area (Å²) in [6, 6.07) is 7.51. The lowest BCUT2D eigenvalue weighted by Crippen LogP contribution is -2.35. The van der Waals surface area contributed by atoms with Gasteiger partial charge in [-0.3, -0.25) is 15.2 Å². The zero-order valence-electron chi connectivity index (χ0n) is 18.3. The van der Waals surface area contributed by atoms with Crippen LogP contribution in [0, 0.1) is 0 Å². The van der Waals surface area contributed by atoms with Gasteiger partial charge in [-0.25, -0.2) is 14.8 Å². The van der Waals surface area contributed by atoms with E-state index in [1.165, 1.54) is 0 Å². The van der Waals surface area contributed by atoms with Gasteiger partial charge < -0.3 is 19.5 Å². The third-order valence-corrected chi connectivity index (χ3v) is 5.42. The number of morpholine rings is 1. The highest BCUT2D eigenvalue weighted by molar-refractivity contribution is 5.97. The number of aromatic nitrogens is 4. The summed E-state index contributed by atoms with van der Waals surface area (Å²) in [5.41, 5.74) is 4.04. The van der Waals surface area contributed by atoms with E-state index in [1.54, 1.807) is 18.6 Å². The maximum Gasteiger partial charge on any atom is 0.321 e. The topological polar surface area (TPSA) is 121 Å². The number of H-pyrrole nitrogens is 1. The van der Waals surface area contributed by atoms with Crippen LogP contribution in [-0.2, 0) is 11.3 Å². The molecular weight excluding hydrogens is 434 g/mol. The number of amides is 2. The number of anilines is 1. The molecule has 0 radical (unpaired) electrons. The summed E-state index contributed by atoms with van der Waals surface area (Å²) in [5.74, 6) is 1.61. The molecular formula is C24H29N7O3. The molecule has 0 bridgehead atoms. The van der Waals surface area contributed by atoms with Gasteiger partial charge in [-0.05, 0) is 30.7 Å². The SMILES string of the molecule is C.CCNC(=O)Nc1nc2c(-c3ncc(CN4CCOCC4)o3)cc(-c3cccnc3)cc2[nH]1. The molecule has 0 atom stereocenters. The molecule has 3 aromatic heterocycles. The summed E-state index contributed by atoms with van der Waals surface area (Å²) >= 11 is 0. The van der Waals surface area contributed by atoms with E-state index in [-0.39, 0.29) is 13.5 Å². The first-order valence-corrected chi connectivity index (χ1v) is 10.9. The van der Waals surface area contributed by atoms with Crippen molar-refractivity contribution in [3.8, 4) is 22.6 Å². The van der Waals surface area contributed by atoms with Crippen LogP contribution in [0.4, 0.5) is 10.7 Å². The van der Waals surface area contributed by atoms with Crippen molar-refractivity contribution in [1.82, 2.24) is 30.2 Å². The van der Waals surface area contributed by atoms with Crippen LogP contribution in [0.5, 0.6) is 0 Å². The van der Waals surface area contributed by atoms with E-state index >= 15 is 0 Å². The van der Waals surface area contributed by atoms with Gasteiger partial charge in [0.15, 0.2) is 0 Å². The predicted molar refractivity (Wildman–Crippen MR) is 130 cm³/mol. The summed E-state index contributed by atoms with van der Waals surface area (Å²) < 4.78 is 11.6. The molecule has 2 amide bonds. The molecule has 0 spiro atoms. The Balaban J connectivity index is 0.00000274. The average Bonchev–Trinajstić information content (AvgIpc) is 3.46. The Morgan fingerprint density at radius 1 is 1.21 bits per heavy atom. The van der Waals surface area contributed by atoms with Crippen LogP contribution in [0.2, 0.25) is 0 Å². The minimum atomic E-state index is -0.325. The Kier molecular flexibility index (Phi) is 7.19. The smallest absolute Gasteiger partial charge is 0.321 e. The molecule has 1 fully saturated rings. The lowest BCUT2D eigenvalue weighted by atomic mass is 10.0. The first kappa shape index (κ1) is 23.4. The number of hydrogen-bond acceptors (Lipinski definition) is 7. The highest BCUT2D eigenvalue weighted by atomic mass is 16.5. The van der Waals surface area contributed by atoms with Gasteiger partial charge in [0.2, 0.25) is 11.8 Å². The predicted octanol–water partition coefficient (Wildman–Crippen LogP) is 3.89. The summed E-state index contributed by atoms with van der Waals surface area (Å²) in [4.78, 5) is 30.8. The van der Waals surface area contributed by atoms with Gasteiger partial charge >= 0.3 is 6.03 Å². The average molecular weight is 464 g/mol. The van der Waals surface area contributed by atoms with Crippen molar-refractivity contribution in [2.45, 2.75) is 20.9 Å². The zero-order valence-corrected chi connectivity index (χ0v) is 18.3. The number of carbonyl (C=O) groups is 1. The maximum atomic E-state index is 12.0. The van der Waals surface area contributed by atoms with Crippen LogP contribution in [0.15, 0.2) is 47.3 Å². The van der Waals surface area contributed by atoms with Gasteiger partial charge in [0.25, 0.3) is 0 Å². The number of nitrogens with one attached hydrogen (secondary N) is 3. The molecule has 10 nitrogen and oxygen atoms in total. The molecule has 178 valence electrons. The standard InChI is InChI=1S/C23H25N7O3.CH4/c1-2-25-23(31)29-22-27-19-11-16(15-4-3-5-24-12-15)10-18(20(19)28-22)21-26-13-17(33-21)14-30-6-8-32-9-7-30;/h3-5,10-13H,2,6-9,14H2,1H3,(H3,25,27,28,29,31);1H4. The second-order valence-corrected chi connectivity index (χ2v) is 7.75. The summed E-state index contributed by atoms with van der Waals surface area (Å²) in [6.07, 6.45) is 5.29. The molecule has 1 aliphatic heterocycles. The monoisotopic (exact) mass is 463 g/mol. The molecule has 4 aromatic rings.